The summed E-state index contributed by atoms with van der Waals surface area (Å²) in [7, 11) is 1.66. The normalized spacial score (nSPS) is 12.2. The molecule has 0 aliphatic rings. The predicted molar refractivity (Wildman–Crippen MR) is 72.3 cm³/mol. The molecule has 0 saturated heterocycles. The maximum atomic E-state index is 6.05. The van der Waals surface area contributed by atoms with Gasteiger partial charge in [0.15, 0.2) is 0 Å². The predicted octanol–water partition coefficient (Wildman–Crippen LogP) is 2.42. The first-order chi connectivity index (χ1) is 7.56. The molecule has 1 unspecified atom stereocenters. The molecule has 16 heavy (non-hydrogen) atoms. The molecule has 0 aliphatic carbocycles. The first-order valence-corrected chi connectivity index (χ1v) is 5.68. The van der Waals surface area contributed by atoms with Crippen molar-refractivity contribution in [2.45, 2.75) is 13.0 Å². The van der Waals surface area contributed by atoms with Gasteiger partial charge >= 0.3 is 0 Å². The summed E-state index contributed by atoms with van der Waals surface area (Å²) in [5, 5.41) is 3.81. The maximum Gasteiger partial charge on any atom is 0.107 e. The van der Waals surface area contributed by atoms with Crippen molar-refractivity contribution in [1.82, 2.24) is 0 Å². The summed E-state index contributed by atoms with van der Waals surface area (Å²) in [6.07, 6.45) is 0. The summed E-state index contributed by atoms with van der Waals surface area (Å²) < 4.78 is 5.05. The fourth-order valence-corrected chi connectivity index (χ4v) is 2.00. The van der Waals surface area contributed by atoms with E-state index in [0.29, 0.717) is 17.2 Å². The van der Waals surface area contributed by atoms with Gasteiger partial charge < -0.3 is 15.8 Å². The Labute approximate surface area is 106 Å². The standard InChI is InChI=1S/C11H15ClN2OS/c1-7(6-15-2)14-9-5-3-4-8(12)10(9)11(13)16/h3-5,7,14H,6H2,1-2H3,(H2,13,16). The molecule has 1 rings (SSSR count). The topological polar surface area (TPSA) is 47.3 Å². The number of rotatable bonds is 5. The van der Waals surface area contributed by atoms with Crippen LogP contribution in [0.5, 0.6) is 0 Å². The summed E-state index contributed by atoms with van der Waals surface area (Å²) in [5.41, 5.74) is 7.16. The number of hydrogen-bond acceptors (Lipinski definition) is 3. The molecule has 1 aromatic rings. The molecule has 3 N–H and O–H groups in total. The summed E-state index contributed by atoms with van der Waals surface area (Å²) >= 11 is 11.0. The molecule has 1 atom stereocenters. The van der Waals surface area contributed by atoms with E-state index in [0.717, 1.165) is 5.69 Å². The molecule has 0 radical (unpaired) electrons. The highest BCUT2D eigenvalue weighted by Crippen LogP contribution is 2.24. The number of methoxy groups -OCH3 is 1. The molecule has 3 nitrogen and oxygen atoms in total. The van der Waals surface area contributed by atoms with E-state index >= 15 is 0 Å². The zero-order valence-corrected chi connectivity index (χ0v) is 10.9. The molecule has 88 valence electrons. The number of nitrogens with two attached hydrogens (primary N) is 1. The van der Waals surface area contributed by atoms with E-state index in [1.54, 1.807) is 13.2 Å². The fourth-order valence-electron chi connectivity index (χ4n) is 1.45. The lowest BCUT2D eigenvalue weighted by Gasteiger charge is -2.17. The Morgan fingerprint density at radius 2 is 2.31 bits per heavy atom. The molecule has 0 spiro atoms. The third-order valence-electron chi connectivity index (χ3n) is 2.08. The Morgan fingerprint density at radius 3 is 2.88 bits per heavy atom. The molecule has 1 aromatic carbocycles. The van der Waals surface area contributed by atoms with Crippen LogP contribution < -0.4 is 11.1 Å². The van der Waals surface area contributed by atoms with Crippen molar-refractivity contribution < 1.29 is 4.74 Å². The van der Waals surface area contributed by atoms with Crippen LogP contribution in [0.2, 0.25) is 5.02 Å². The van der Waals surface area contributed by atoms with Crippen molar-refractivity contribution in [3.05, 3.63) is 28.8 Å². The van der Waals surface area contributed by atoms with E-state index in [9.17, 15) is 0 Å². The van der Waals surface area contributed by atoms with Crippen LogP contribution in [0.15, 0.2) is 18.2 Å². The Bertz CT molecular complexity index is 384. The molecule has 0 saturated carbocycles. The average molecular weight is 259 g/mol. The Morgan fingerprint density at radius 1 is 1.62 bits per heavy atom. The molecule has 0 bridgehead atoms. The maximum absolute atomic E-state index is 6.05. The molecular formula is C11H15ClN2OS. The summed E-state index contributed by atoms with van der Waals surface area (Å²) in [6.45, 7) is 2.61. The quantitative estimate of drug-likeness (QED) is 0.797. The van der Waals surface area contributed by atoms with Crippen molar-refractivity contribution in [2.24, 2.45) is 5.73 Å². The number of anilines is 1. The highest BCUT2D eigenvalue weighted by Gasteiger charge is 2.11. The minimum absolute atomic E-state index is 0.163. The van der Waals surface area contributed by atoms with Crippen LogP contribution in [-0.2, 0) is 4.74 Å². The Balaban J connectivity index is 2.95. The van der Waals surface area contributed by atoms with Crippen molar-refractivity contribution in [3.63, 3.8) is 0 Å². The zero-order valence-electron chi connectivity index (χ0n) is 9.29. The van der Waals surface area contributed by atoms with E-state index in [1.807, 2.05) is 19.1 Å². The molecule has 0 aliphatic heterocycles. The van der Waals surface area contributed by atoms with Crippen molar-refractivity contribution in [3.8, 4) is 0 Å². The summed E-state index contributed by atoms with van der Waals surface area (Å²) in [4.78, 5) is 0.290. The number of halogens is 1. The van der Waals surface area contributed by atoms with Crippen molar-refractivity contribution in [1.29, 1.82) is 0 Å². The zero-order chi connectivity index (χ0) is 12.1. The van der Waals surface area contributed by atoms with E-state index < -0.39 is 0 Å². The molecular weight excluding hydrogens is 244 g/mol. The van der Waals surface area contributed by atoms with Gasteiger partial charge in [-0.3, -0.25) is 0 Å². The van der Waals surface area contributed by atoms with Crippen LogP contribution in [0.25, 0.3) is 0 Å². The van der Waals surface area contributed by atoms with Gasteiger partial charge in [-0.05, 0) is 19.1 Å². The molecule has 0 amide bonds. The minimum atomic E-state index is 0.163. The molecule has 0 heterocycles. The van der Waals surface area contributed by atoms with E-state index in [1.165, 1.54) is 0 Å². The van der Waals surface area contributed by atoms with Crippen LogP contribution in [0.1, 0.15) is 12.5 Å². The van der Waals surface area contributed by atoms with Gasteiger partial charge in [0.2, 0.25) is 0 Å². The Kier molecular flexibility index (Phi) is 4.99. The lowest BCUT2D eigenvalue weighted by Crippen LogP contribution is -2.23. The van der Waals surface area contributed by atoms with Gasteiger partial charge in [-0.25, -0.2) is 0 Å². The Hall–Kier alpha value is -0.840. The van der Waals surface area contributed by atoms with Crippen LogP contribution in [-0.4, -0.2) is 24.7 Å². The van der Waals surface area contributed by atoms with E-state index in [4.69, 9.17) is 34.3 Å². The summed E-state index contributed by atoms with van der Waals surface area (Å²) in [6, 6.07) is 5.68. The molecule has 0 aromatic heterocycles. The van der Waals surface area contributed by atoms with Crippen molar-refractivity contribution >= 4 is 34.5 Å². The highest BCUT2D eigenvalue weighted by molar-refractivity contribution is 7.80. The van der Waals surface area contributed by atoms with Crippen LogP contribution in [0.4, 0.5) is 5.69 Å². The number of benzene rings is 1. The third-order valence-corrected chi connectivity index (χ3v) is 2.60. The smallest absolute Gasteiger partial charge is 0.107 e. The SMILES string of the molecule is COCC(C)Nc1cccc(Cl)c1C(N)=S. The van der Waals surface area contributed by atoms with E-state index in [-0.39, 0.29) is 11.0 Å². The lowest BCUT2D eigenvalue weighted by molar-refractivity contribution is 0.190. The number of hydrogen-bond donors (Lipinski definition) is 2. The third kappa shape index (κ3) is 3.33. The van der Waals surface area contributed by atoms with Crippen molar-refractivity contribution in [2.75, 3.05) is 19.0 Å². The largest absolute Gasteiger partial charge is 0.389 e. The minimum Gasteiger partial charge on any atom is -0.389 e. The second kappa shape index (κ2) is 6.03. The van der Waals surface area contributed by atoms with E-state index in [2.05, 4.69) is 5.32 Å². The van der Waals surface area contributed by atoms with Gasteiger partial charge in [-0.2, -0.15) is 0 Å². The van der Waals surface area contributed by atoms with Gasteiger partial charge in [-0.1, -0.05) is 29.9 Å². The van der Waals surface area contributed by atoms with Crippen LogP contribution >= 0.6 is 23.8 Å². The lowest BCUT2D eigenvalue weighted by atomic mass is 10.1. The monoisotopic (exact) mass is 258 g/mol. The number of ether oxygens (including phenoxy) is 1. The average Bonchev–Trinajstić information content (AvgIpc) is 2.17. The van der Waals surface area contributed by atoms with Crippen LogP contribution in [0, 0.1) is 0 Å². The number of nitrogens with one attached hydrogen (secondary N) is 1. The first-order valence-electron chi connectivity index (χ1n) is 4.90. The second-order valence-corrected chi connectivity index (χ2v) is 4.37. The molecule has 5 heteroatoms. The van der Waals surface area contributed by atoms with Gasteiger partial charge in [0.25, 0.3) is 0 Å². The van der Waals surface area contributed by atoms with Crippen LogP contribution in [0.3, 0.4) is 0 Å². The molecule has 0 fully saturated rings. The fraction of sp³-hybridized carbons (Fsp3) is 0.364. The highest BCUT2D eigenvalue weighted by atomic mass is 35.5. The number of thiocarbonyl (C=S) groups is 1. The van der Waals surface area contributed by atoms with Gasteiger partial charge in [0.05, 0.1) is 17.2 Å². The van der Waals surface area contributed by atoms with Gasteiger partial charge in [0.1, 0.15) is 4.99 Å². The first kappa shape index (κ1) is 13.2. The van der Waals surface area contributed by atoms with Gasteiger partial charge in [0, 0.05) is 18.8 Å². The van der Waals surface area contributed by atoms with Gasteiger partial charge in [-0.15, -0.1) is 0 Å². The summed E-state index contributed by atoms with van der Waals surface area (Å²) in [5.74, 6) is 0. The second-order valence-electron chi connectivity index (χ2n) is 3.53.